The molecule has 0 aromatic heterocycles. The van der Waals surface area contributed by atoms with E-state index in [4.69, 9.17) is 10.5 Å². The van der Waals surface area contributed by atoms with Gasteiger partial charge in [-0.1, -0.05) is 24.3 Å². The van der Waals surface area contributed by atoms with Crippen molar-refractivity contribution in [3.63, 3.8) is 0 Å². The standard InChI is InChI=1S/C16H19NO3S/c1-12-7-8-13(2)16(11-12)21(18,19)10-9-20-15-6-4-3-5-14(15)17/h3-8,11H,9-10,17H2,1-2H3. The van der Waals surface area contributed by atoms with Crippen LogP contribution < -0.4 is 10.5 Å². The Kier molecular flexibility index (Phi) is 4.53. The molecule has 2 rings (SSSR count). The van der Waals surface area contributed by atoms with Crippen molar-refractivity contribution in [1.82, 2.24) is 0 Å². The highest BCUT2D eigenvalue weighted by molar-refractivity contribution is 7.91. The molecule has 0 radical (unpaired) electrons. The van der Waals surface area contributed by atoms with Crippen molar-refractivity contribution >= 4 is 15.5 Å². The SMILES string of the molecule is Cc1ccc(C)c(S(=O)(=O)CCOc2ccccc2N)c1. The van der Waals surface area contributed by atoms with Gasteiger partial charge < -0.3 is 10.5 Å². The molecule has 112 valence electrons. The van der Waals surface area contributed by atoms with Gasteiger partial charge in [0.05, 0.1) is 16.3 Å². The van der Waals surface area contributed by atoms with Crippen LogP contribution in [0, 0.1) is 13.8 Å². The van der Waals surface area contributed by atoms with Crippen LogP contribution in [0.25, 0.3) is 0 Å². The molecule has 0 amide bonds. The molecule has 0 spiro atoms. The van der Waals surface area contributed by atoms with Crippen LogP contribution in [0.2, 0.25) is 0 Å². The van der Waals surface area contributed by atoms with Crippen molar-refractivity contribution in [2.75, 3.05) is 18.1 Å². The number of rotatable bonds is 5. The maximum Gasteiger partial charge on any atom is 0.181 e. The third-order valence-corrected chi connectivity index (χ3v) is 5.02. The average Bonchev–Trinajstić information content (AvgIpc) is 2.43. The van der Waals surface area contributed by atoms with E-state index in [1.807, 2.05) is 19.1 Å². The molecule has 2 aromatic carbocycles. The van der Waals surface area contributed by atoms with Crippen LogP contribution in [-0.4, -0.2) is 20.8 Å². The van der Waals surface area contributed by atoms with Gasteiger partial charge >= 0.3 is 0 Å². The lowest BCUT2D eigenvalue weighted by Crippen LogP contribution is -2.15. The highest BCUT2D eigenvalue weighted by atomic mass is 32.2. The van der Waals surface area contributed by atoms with E-state index in [-0.39, 0.29) is 12.4 Å². The van der Waals surface area contributed by atoms with Gasteiger partial charge in [0.15, 0.2) is 9.84 Å². The molecule has 0 aliphatic rings. The number of sulfone groups is 1. The normalized spacial score (nSPS) is 11.3. The van der Waals surface area contributed by atoms with Crippen LogP contribution in [0.4, 0.5) is 5.69 Å². The third kappa shape index (κ3) is 3.76. The van der Waals surface area contributed by atoms with Crippen LogP contribution in [0.15, 0.2) is 47.4 Å². The summed E-state index contributed by atoms with van der Waals surface area (Å²) in [5.41, 5.74) is 7.93. The number of anilines is 1. The first-order valence-electron chi connectivity index (χ1n) is 6.67. The van der Waals surface area contributed by atoms with Crippen LogP contribution in [0.1, 0.15) is 11.1 Å². The van der Waals surface area contributed by atoms with E-state index < -0.39 is 9.84 Å². The molecule has 0 unspecified atom stereocenters. The zero-order chi connectivity index (χ0) is 15.5. The lowest BCUT2D eigenvalue weighted by Gasteiger charge is -2.11. The summed E-state index contributed by atoms with van der Waals surface area (Å²) in [6.07, 6.45) is 0. The number of ether oxygens (including phenoxy) is 1. The minimum absolute atomic E-state index is 0.0733. The van der Waals surface area contributed by atoms with Crippen molar-refractivity contribution in [3.8, 4) is 5.75 Å². The fourth-order valence-corrected chi connectivity index (χ4v) is 3.47. The van der Waals surface area contributed by atoms with Gasteiger partial charge in [0.2, 0.25) is 0 Å². The van der Waals surface area contributed by atoms with Crippen LogP contribution >= 0.6 is 0 Å². The third-order valence-electron chi connectivity index (χ3n) is 3.21. The summed E-state index contributed by atoms with van der Waals surface area (Å²) < 4.78 is 30.2. The monoisotopic (exact) mass is 305 g/mol. The Morgan fingerprint density at radius 2 is 1.81 bits per heavy atom. The van der Waals surface area contributed by atoms with E-state index >= 15 is 0 Å². The van der Waals surface area contributed by atoms with E-state index in [1.54, 1.807) is 37.3 Å². The summed E-state index contributed by atoms with van der Waals surface area (Å²) in [7, 11) is -3.36. The minimum atomic E-state index is -3.36. The second kappa shape index (κ2) is 6.18. The minimum Gasteiger partial charge on any atom is -0.490 e. The van der Waals surface area contributed by atoms with Gasteiger partial charge in [-0.25, -0.2) is 8.42 Å². The van der Waals surface area contributed by atoms with Gasteiger partial charge in [0, 0.05) is 0 Å². The summed E-state index contributed by atoms with van der Waals surface area (Å²) in [5.74, 6) is 0.430. The van der Waals surface area contributed by atoms with Gasteiger partial charge in [-0.05, 0) is 43.2 Å². The van der Waals surface area contributed by atoms with E-state index in [0.29, 0.717) is 16.3 Å². The van der Waals surface area contributed by atoms with Crippen molar-refractivity contribution in [2.45, 2.75) is 18.7 Å². The summed E-state index contributed by atoms with van der Waals surface area (Å²) in [6.45, 7) is 3.74. The quantitative estimate of drug-likeness (QED) is 0.862. The fourth-order valence-electron chi connectivity index (χ4n) is 2.03. The highest BCUT2D eigenvalue weighted by Gasteiger charge is 2.17. The zero-order valence-corrected chi connectivity index (χ0v) is 13.0. The number of nitrogens with two attached hydrogens (primary N) is 1. The largest absolute Gasteiger partial charge is 0.490 e. The molecule has 4 nitrogen and oxygen atoms in total. The lowest BCUT2D eigenvalue weighted by molar-refractivity contribution is 0.342. The van der Waals surface area contributed by atoms with Gasteiger partial charge in [-0.3, -0.25) is 0 Å². The van der Waals surface area contributed by atoms with E-state index in [0.717, 1.165) is 11.1 Å². The maximum absolute atomic E-state index is 12.4. The summed E-state index contributed by atoms with van der Waals surface area (Å²) >= 11 is 0. The van der Waals surface area contributed by atoms with E-state index in [2.05, 4.69) is 0 Å². The number of benzene rings is 2. The lowest BCUT2D eigenvalue weighted by atomic mass is 10.2. The van der Waals surface area contributed by atoms with E-state index in [1.165, 1.54) is 0 Å². The molecule has 2 aromatic rings. The van der Waals surface area contributed by atoms with Gasteiger partial charge in [-0.2, -0.15) is 0 Å². The summed E-state index contributed by atoms with van der Waals surface area (Å²) in [6, 6.07) is 12.4. The van der Waals surface area contributed by atoms with Crippen LogP contribution in [-0.2, 0) is 9.84 Å². The predicted molar refractivity (Wildman–Crippen MR) is 84.3 cm³/mol. The van der Waals surface area contributed by atoms with Gasteiger partial charge in [-0.15, -0.1) is 0 Å². The van der Waals surface area contributed by atoms with Crippen LogP contribution in [0.3, 0.4) is 0 Å². The first kappa shape index (κ1) is 15.4. The Morgan fingerprint density at radius 1 is 1.10 bits per heavy atom. The Balaban J connectivity index is 2.08. The molecular weight excluding hydrogens is 286 g/mol. The zero-order valence-electron chi connectivity index (χ0n) is 12.2. The molecule has 0 saturated heterocycles. The molecule has 21 heavy (non-hydrogen) atoms. The molecule has 0 saturated carbocycles. The molecule has 0 aliphatic carbocycles. The number of para-hydroxylation sites is 2. The Bertz CT molecular complexity index is 739. The molecular formula is C16H19NO3S. The average molecular weight is 305 g/mol. The Morgan fingerprint density at radius 3 is 2.52 bits per heavy atom. The molecule has 0 fully saturated rings. The number of nitrogen functional groups attached to an aromatic ring is 1. The van der Waals surface area contributed by atoms with Gasteiger partial charge in [0.1, 0.15) is 12.4 Å². The van der Waals surface area contributed by atoms with Crippen molar-refractivity contribution in [2.24, 2.45) is 0 Å². The second-order valence-corrected chi connectivity index (χ2v) is 7.05. The molecule has 0 aliphatic heterocycles. The molecule has 5 heteroatoms. The predicted octanol–water partition coefficient (Wildman–Crippen LogP) is 2.74. The number of hydrogen-bond donors (Lipinski definition) is 1. The molecule has 0 heterocycles. The van der Waals surface area contributed by atoms with E-state index in [9.17, 15) is 8.42 Å². The summed E-state index contributed by atoms with van der Waals surface area (Å²) in [5, 5.41) is 0. The molecule has 0 bridgehead atoms. The maximum atomic E-state index is 12.4. The van der Waals surface area contributed by atoms with Crippen LogP contribution in [0.5, 0.6) is 5.75 Å². The van der Waals surface area contributed by atoms with Crippen molar-refractivity contribution < 1.29 is 13.2 Å². The molecule has 0 atom stereocenters. The summed E-state index contributed by atoms with van der Waals surface area (Å²) in [4.78, 5) is 0.368. The smallest absolute Gasteiger partial charge is 0.181 e. The Hall–Kier alpha value is -2.01. The number of hydrogen-bond acceptors (Lipinski definition) is 4. The van der Waals surface area contributed by atoms with Gasteiger partial charge in [0.25, 0.3) is 0 Å². The Labute approximate surface area is 125 Å². The molecule has 2 N–H and O–H groups in total. The highest BCUT2D eigenvalue weighted by Crippen LogP contribution is 2.21. The number of aryl methyl sites for hydroxylation is 2. The first-order chi connectivity index (χ1) is 9.90. The van der Waals surface area contributed by atoms with Crippen molar-refractivity contribution in [3.05, 3.63) is 53.6 Å². The van der Waals surface area contributed by atoms with Crippen molar-refractivity contribution in [1.29, 1.82) is 0 Å². The first-order valence-corrected chi connectivity index (χ1v) is 8.33. The topological polar surface area (TPSA) is 69.4 Å². The fraction of sp³-hybridized carbons (Fsp3) is 0.250. The second-order valence-electron chi connectivity index (χ2n) is 4.97.